The zero-order chi connectivity index (χ0) is 13.8. The summed E-state index contributed by atoms with van der Waals surface area (Å²) in [7, 11) is 0. The second-order valence-electron chi connectivity index (χ2n) is 4.88. The van der Waals surface area contributed by atoms with Gasteiger partial charge in [0.25, 0.3) is 0 Å². The Bertz CT molecular complexity index is 506. The van der Waals surface area contributed by atoms with Gasteiger partial charge in [0.2, 0.25) is 0 Å². The van der Waals surface area contributed by atoms with Crippen LogP contribution in [-0.2, 0) is 0 Å². The lowest BCUT2D eigenvalue weighted by atomic mass is 9.86. The minimum Gasteiger partial charge on any atom is -0.328 e. The largest absolute Gasteiger partial charge is 0.328 e. The lowest BCUT2D eigenvalue weighted by molar-refractivity contribution is 0.586. The Morgan fingerprint density at radius 3 is 1.79 bits per heavy atom. The van der Waals surface area contributed by atoms with E-state index in [4.69, 9.17) is 5.73 Å². The molecule has 0 saturated carbocycles. The fraction of sp³-hybridized carbons (Fsp3) is 0.250. The topological polar surface area (TPSA) is 26.0 Å². The molecule has 2 aromatic carbocycles. The number of hydrogen-bond donors (Lipinski definition) is 1. The summed E-state index contributed by atoms with van der Waals surface area (Å²) in [4.78, 5) is 0. The van der Waals surface area contributed by atoms with E-state index >= 15 is 0 Å². The van der Waals surface area contributed by atoms with Crippen LogP contribution in [0.3, 0.4) is 0 Å². The third-order valence-electron chi connectivity index (χ3n) is 3.11. The van der Waals surface area contributed by atoms with Crippen LogP contribution in [0.5, 0.6) is 0 Å². The van der Waals surface area contributed by atoms with Crippen molar-refractivity contribution in [1.29, 1.82) is 0 Å². The molecule has 1 atom stereocenters. The maximum Gasteiger partial charge on any atom is 0.123 e. The van der Waals surface area contributed by atoms with Crippen molar-refractivity contribution in [3.05, 3.63) is 71.3 Å². The molecule has 3 heteroatoms. The van der Waals surface area contributed by atoms with Crippen molar-refractivity contribution in [2.45, 2.75) is 25.3 Å². The standard InChI is InChI=1S/C16H17F2N/c1-11(19)8-16(12-4-2-6-14(17)9-12)13-5-3-7-15(18)10-13/h2-7,9-11,16H,8,19H2,1H3. The molecular formula is C16H17F2N. The van der Waals surface area contributed by atoms with Crippen LogP contribution in [0.2, 0.25) is 0 Å². The second kappa shape index (κ2) is 5.93. The Hall–Kier alpha value is -1.74. The lowest BCUT2D eigenvalue weighted by Crippen LogP contribution is -2.19. The van der Waals surface area contributed by atoms with Gasteiger partial charge in [-0.15, -0.1) is 0 Å². The molecule has 2 aromatic rings. The van der Waals surface area contributed by atoms with E-state index in [-0.39, 0.29) is 23.6 Å². The molecule has 0 amide bonds. The molecule has 1 unspecified atom stereocenters. The van der Waals surface area contributed by atoms with E-state index in [1.54, 1.807) is 12.1 Å². The molecule has 0 fully saturated rings. The van der Waals surface area contributed by atoms with E-state index in [0.717, 1.165) is 11.1 Å². The molecule has 100 valence electrons. The molecule has 0 radical (unpaired) electrons. The van der Waals surface area contributed by atoms with E-state index in [2.05, 4.69) is 0 Å². The molecule has 2 N–H and O–H groups in total. The normalized spacial score (nSPS) is 12.7. The molecule has 0 bridgehead atoms. The summed E-state index contributed by atoms with van der Waals surface area (Å²) in [6.45, 7) is 1.89. The van der Waals surface area contributed by atoms with E-state index in [0.29, 0.717) is 6.42 Å². The Kier molecular flexibility index (Phi) is 4.27. The van der Waals surface area contributed by atoms with Crippen molar-refractivity contribution < 1.29 is 8.78 Å². The molecule has 0 saturated heterocycles. The Balaban J connectivity index is 2.41. The number of rotatable bonds is 4. The second-order valence-corrected chi connectivity index (χ2v) is 4.88. The van der Waals surface area contributed by atoms with Crippen LogP contribution < -0.4 is 5.73 Å². The monoisotopic (exact) mass is 261 g/mol. The molecule has 19 heavy (non-hydrogen) atoms. The van der Waals surface area contributed by atoms with Gasteiger partial charge in [-0.3, -0.25) is 0 Å². The van der Waals surface area contributed by atoms with Crippen LogP contribution in [0.15, 0.2) is 48.5 Å². The number of halogens is 2. The molecule has 2 rings (SSSR count). The van der Waals surface area contributed by atoms with Gasteiger partial charge in [-0.2, -0.15) is 0 Å². The summed E-state index contributed by atoms with van der Waals surface area (Å²) in [5.41, 5.74) is 7.50. The summed E-state index contributed by atoms with van der Waals surface area (Å²) in [6.07, 6.45) is 0.646. The highest BCUT2D eigenvalue weighted by Gasteiger charge is 2.17. The summed E-state index contributed by atoms with van der Waals surface area (Å²) in [5.74, 6) is -0.668. The lowest BCUT2D eigenvalue weighted by Gasteiger charge is -2.20. The van der Waals surface area contributed by atoms with Gasteiger partial charge in [0, 0.05) is 12.0 Å². The van der Waals surface area contributed by atoms with Gasteiger partial charge in [-0.05, 0) is 48.7 Å². The summed E-state index contributed by atoms with van der Waals surface area (Å²) < 4.78 is 26.7. The van der Waals surface area contributed by atoms with Gasteiger partial charge in [0.05, 0.1) is 0 Å². The molecule has 0 heterocycles. The van der Waals surface area contributed by atoms with Crippen molar-refractivity contribution >= 4 is 0 Å². The summed E-state index contributed by atoms with van der Waals surface area (Å²) in [5, 5.41) is 0. The predicted octanol–water partition coefficient (Wildman–Crippen LogP) is 3.83. The fourth-order valence-electron chi connectivity index (χ4n) is 2.28. The van der Waals surface area contributed by atoms with Crippen LogP contribution in [0.25, 0.3) is 0 Å². The Morgan fingerprint density at radius 2 is 1.42 bits per heavy atom. The highest BCUT2D eigenvalue weighted by Crippen LogP contribution is 2.29. The zero-order valence-corrected chi connectivity index (χ0v) is 10.8. The van der Waals surface area contributed by atoms with Crippen LogP contribution >= 0.6 is 0 Å². The van der Waals surface area contributed by atoms with Crippen LogP contribution in [0.1, 0.15) is 30.4 Å². The van der Waals surface area contributed by atoms with Crippen molar-refractivity contribution in [2.24, 2.45) is 5.73 Å². The van der Waals surface area contributed by atoms with E-state index < -0.39 is 0 Å². The van der Waals surface area contributed by atoms with E-state index in [1.807, 2.05) is 19.1 Å². The van der Waals surface area contributed by atoms with Crippen molar-refractivity contribution in [3.63, 3.8) is 0 Å². The minimum absolute atomic E-state index is 0.0449. The first-order chi connectivity index (χ1) is 9.06. The highest BCUT2D eigenvalue weighted by atomic mass is 19.1. The van der Waals surface area contributed by atoms with Crippen LogP contribution in [-0.4, -0.2) is 6.04 Å². The molecule has 0 aliphatic rings. The van der Waals surface area contributed by atoms with Gasteiger partial charge in [-0.25, -0.2) is 8.78 Å². The van der Waals surface area contributed by atoms with Gasteiger partial charge < -0.3 is 5.73 Å². The van der Waals surface area contributed by atoms with Gasteiger partial charge >= 0.3 is 0 Å². The maximum absolute atomic E-state index is 13.4. The molecular weight excluding hydrogens is 244 g/mol. The summed E-state index contributed by atoms with van der Waals surface area (Å²) in [6, 6.07) is 12.8. The maximum atomic E-state index is 13.4. The van der Waals surface area contributed by atoms with Crippen molar-refractivity contribution in [1.82, 2.24) is 0 Å². The predicted molar refractivity (Wildman–Crippen MR) is 72.9 cm³/mol. The molecule has 0 aromatic heterocycles. The fourth-order valence-corrected chi connectivity index (χ4v) is 2.28. The smallest absolute Gasteiger partial charge is 0.123 e. The quantitative estimate of drug-likeness (QED) is 0.889. The molecule has 0 spiro atoms. The minimum atomic E-state index is -0.288. The number of benzene rings is 2. The molecule has 1 nitrogen and oxygen atoms in total. The van der Waals surface area contributed by atoms with Gasteiger partial charge in [0.15, 0.2) is 0 Å². The van der Waals surface area contributed by atoms with E-state index in [9.17, 15) is 8.78 Å². The first kappa shape index (κ1) is 13.7. The Morgan fingerprint density at radius 1 is 0.947 bits per heavy atom. The third kappa shape index (κ3) is 3.61. The zero-order valence-electron chi connectivity index (χ0n) is 10.8. The molecule has 0 aliphatic heterocycles. The number of nitrogens with two attached hydrogens (primary N) is 1. The van der Waals surface area contributed by atoms with Gasteiger partial charge in [-0.1, -0.05) is 24.3 Å². The first-order valence-corrected chi connectivity index (χ1v) is 6.33. The van der Waals surface area contributed by atoms with E-state index in [1.165, 1.54) is 24.3 Å². The van der Waals surface area contributed by atoms with Gasteiger partial charge in [0.1, 0.15) is 11.6 Å². The number of hydrogen-bond acceptors (Lipinski definition) is 1. The average molecular weight is 261 g/mol. The van der Waals surface area contributed by atoms with Crippen molar-refractivity contribution in [3.8, 4) is 0 Å². The SMILES string of the molecule is CC(N)CC(c1cccc(F)c1)c1cccc(F)c1. The molecule has 0 aliphatic carbocycles. The van der Waals surface area contributed by atoms with Crippen LogP contribution in [0.4, 0.5) is 8.78 Å². The first-order valence-electron chi connectivity index (χ1n) is 6.33. The van der Waals surface area contributed by atoms with Crippen molar-refractivity contribution in [2.75, 3.05) is 0 Å². The average Bonchev–Trinajstić information content (AvgIpc) is 2.35. The Labute approximate surface area is 112 Å². The highest BCUT2D eigenvalue weighted by molar-refractivity contribution is 5.33. The third-order valence-corrected chi connectivity index (χ3v) is 3.11. The summed E-state index contributed by atoms with van der Waals surface area (Å²) >= 11 is 0. The van der Waals surface area contributed by atoms with Crippen LogP contribution in [0, 0.1) is 11.6 Å².